The molecule has 1 saturated heterocycles. The minimum atomic E-state index is -1.46. The normalized spacial score (nSPS) is 29.9. The van der Waals surface area contributed by atoms with E-state index in [1.165, 1.54) is 0 Å². The molecule has 1 aromatic carbocycles. The van der Waals surface area contributed by atoms with Crippen LogP contribution in [0.15, 0.2) is 24.3 Å². The van der Waals surface area contributed by atoms with Crippen molar-refractivity contribution in [3.8, 4) is 0 Å². The first-order valence-electron chi connectivity index (χ1n) is 7.97. The Morgan fingerprint density at radius 2 is 1.91 bits per heavy atom. The van der Waals surface area contributed by atoms with Crippen molar-refractivity contribution in [2.24, 2.45) is 0 Å². The third-order valence-corrected chi connectivity index (χ3v) is 5.81. The molecule has 0 aromatic heterocycles. The number of carbonyl (C=O) groups is 1. The highest BCUT2D eigenvalue weighted by atomic mass is 32.1. The first-order valence-corrected chi connectivity index (χ1v) is 8.38. The number of hydrogen-bond acceptors (Lipinski definition) is 3. The van der Waals surface area contributed by atoms with Gasteiger partial charge in [-0.25, -0.2) is 0 Å². The summed E-state index contributed by atoms with van der Waals surface area (Å²) in [5, 5.41) is 12.2. The Morgan fingerprint density at radius 1 is 1.26 bits per heavy atom. The minimum absolute atomic E-state index is 0.137. The summed E-state index contributed by atoms with van der Waals surface area (Å²) in [7, 11) is 3.52. The van der Waals surface area contributed by atoms with Gasteiger partial charge in [0.05, 0.1) is 5.69 Å². The van der Waals surface area contributed by atoms with Gasteiger partial charge in [0.25, 0.3) is 5.91 Å². The van der Waals surface area contributed by atoms with Crippen LogP contribution >= 0.6 is 12.2 Å². The maximum atomic E-state index is 13.2. The van der Waals surface area contributed by atoms with Crippen LogP contribution in [0.1, 0.15) is 32.3 Å². The third-order valence-electron chi connectivity index (χ3n) is 5.32. The standard InChI is InChI=1S/C17H23N3O2S/c1-5-6-11-20-15(23)19(4)17(22)12-9-7-8-10-13(12)18(3)14(21)16(17,20)2/h7-10,22H,5-6,11H2,1-4H3. The van der Waals surface area contributed by atoms with E-state index in [1.54, 1.807) is 30.8 Å². The lowest BCUT2D eigenvalue weighted by atomic mass is 9.77. The molecular formula is C17H23N3O2S. The van der Waals surface area contributed by atoms with Gasteiger partial charge in [-0.2, -0.15) is 0 Å². The molecule has 3 rings (SSSR count). The second kappa shape index (κ2) is 5.18. The van der Waals surface area contributed by atoms with Gasteiger partial charge in [-0.1, -0.05) is 31.5 Å². The van der Waals surface area contributed by atoms with Crippen molar-refractivity contribution in [1.29, 1.82) is 0 Å². The molecule has 1 aromatic rings. The molecule has 23 heavy (non-hydrogen) atoms. The lowest BCUT2D eigenvalue weighted by Gasteiger charge is -2.49. The number of anilines is 1. The lowest BCUT2D eigenvalue weighted by Crippen LogP contribution is -2.68. The Hall–Kier alpha value is -1.66. The highest BCUT2D eigenvalue weighted by Gasteiger charge is 2.69. The van der Waals surface area contributed by atoms with Crippen LogP contribution in [0, 0.1) is 0 Å². The number of thiocarbonyl (C=S) groups is 1. The van der Waals surface area contributed by atoms with Crippen molar-refractivity contribution < 1.29 is 9.90 Å². The van der Waals surface area contributed by atoms with E-state index in [1.807, 2.05) is 29.2 Å². The summed E-state index contributed by atoms with van der Waals surface area (Å²) in [6.07, 6.45) is 1.91. The van der Waals surface area contributed by atoms with Gasteiger partial charge in [-0.05, 0) is 31.6 Å². The number of hydrogen-bond donors (Lipinski definition) is 1. The first-order chi connectivity index (χ1) is 10.8. The highest BCUT2D eigenvalue weighted by molar-refractivity contribution is 7.80. The molecular weight excluding hydrogens is 310 g/mol. The summed E-state index contributed by atoms with van der Waals surface area (Å²) in [6.45, 7) is 4.55. The summed E-state index contributed by atoms with van der Waals surface area (Å²) in [6, 6.07) is 7.48. The number of para-hydroxylation sites is 1. The number of rotatable bonds is 3. The van der Waals surface area contributed by atoms with Crippen molar-refractivity contribution >= 4 is 28.9 Å². The Morgan fingerprint density at radius 3 is 2.57 bits per heavy atom. The number of fused-ring (bicyclic) bond motifs is 3. The molecule has 1 amide bonds. The molecule has 6 heteroatoms. The van der Waals surface area contributed by atoms with Crippen molar-refractivity contribution in [2.75, 3.05) is 25.5 Å². The van der Waals surface area contributed by atoms with E-state index < -0.39 is 11.3 Å². The summed E-state index contributed by atoms with van der Waals surface area (Å²) < 4.78 is 0. The van der Waals surface area contributed by atoms with E-state index in [0.29, 0.717) is 17.2 Å². The quantitative estimate of drug-likeness (QED) is 0.856. The Balaban J connectivity index is 2.25. The minimum Gasteiger partial charge on any atom is -0.364 e. The van der Waals surface area contributed by atoms with Crippen molar-refractivity contribution in [3.63, 3.8) is 0 Å². The van der Waals surface area contributed by atoms with E-state index in [4.69, 9.17) is 12.2 Å². The average Bonchev–Trinajstić information content (AvgIpc) is 2.71. The molecule has 2 unspecified atom stereocenters. The SMILES string of the molecule is CCCCN1C(=S)N(C)C2(O)c3ccccc3N(C)C(=O)C12C. The maximum absolute atomic E-state index is 13.2. The Bertz CT molecular complexity index is 680. The van der Waals surface area contributed by atoms with Crippen LogP contribution < -0.4 is 4.90 Å². The summed E-state index contributed by atoms with van der Waals surface area (Å²) in [5.74, 6) is -0.137. The second-order valence-electron chi connectivity index (χ2n) is 6.47. The number of carbonyl (C=O) groups excluding carboxylic acids is 1. The van der Waals surface area contributed by atoms with Gasteiger partial charge in [-0.3, -0.25) is 4.79 Å². The molecule has 2 aliphatic heterocycles. The number of nitrogens with zero attached hydrogens (tertiary/aromatic N) is 3. The molecule has 0 bridgehead atoms. The molecule has 0 radical (unpaired) electrons. The summed E-state index contributed by atoms with van der Waals surface area (Å²) in [5.41, 5.74) is -1.15. The Labute approximate surface area is 142 Å². The average molecular weight is 333 g/mol. The van der Waals surface area contributed by atoms with E-state index >= 15 is 0 Å². The first kappa shape index (κ1) is 16.2. The number of unbranched alkanes of at least 4 members (excludes halogenated alkanes) is 1. The fourth-order valence-corrected chi connectivity index (χ4v) is 4.27. The van der Waals surface area contributed by atoms with Gasteiger partial charge < -0.3 is 19.8 Å². The zero-order valence-corrected chi connectivity index (χ0v) is 14.9. The Kier molecular flexibility index (Phi) is 3.65. The molecule has 5 nitrogen and oxygen atoms in total. The van der Waals surface area contributed by atoms with Crippen LogP contribution in [-0.4, -0.2) is 52.1 Å². The van der Waals surface area contributed by atoms with Gasteiger partial charge in [0.1, 0.15) is 0 Å². The van der Waals surface area contributed by atoms with Crippen LogP contribution in [0.25, 0.3) is 0 Å². The molecule has 2 atom stereocenters. The smallest absolute Gasteiger partial charge is 0.257 e. The molecule has 2 aliphatic rings. The fraction of sp³-hybridized carbons (Fsp3) is 0.529. The topological polar surface area (TPSA) is 47.0 Å². The molecule has 0 saturated carbocycles. The largest absolute Gasteiger partial charge is 0.364 e. The van der Waals surface area contributed by atoms with Crippen molar-refractivity contribution in [3.05, 3.63) is 29.8 Å². The predicted molar refractivity (Wildman–Crippen MR) is 94.1 cm³/mol. The molecule has 1 fully saturated rings. The van der Waals surface area contributed by atoms with Crippen LogP contribution in [0.3, 0.4) is 0 Å². The highest BCUT2D eigenvalue weighted by Crippen LogP contribution is 2.52. The van der Waals surface area contributed by atoms with Crippen LogP contribution in [0.5, 0.6) is 0 Å². The second-order valence-corrected chi connectivity index (χ2v) is 6.84. The van der Waals surface area contributed by atoms with Crippen molar-refractivity contribution in [1.82, 2.24) is 9.80 Å². The maximum Gasteiger partial charge on any atom is 0.257 e. The molecule has 0 aliphatic carbocycles. The number of aliphatic hydroxyl groups is 1. The fourth-order valence-electron chi connectivity index (χ4n) is 3.87. The number of likely N-dealkylation sites (N-methyl/N-ethyl adjacent to an activating group) is 2. The molecule has 2 heterocycles. The molecule has 0 spiro atoms. The van der Waals surface area contributed by atoms with E-state index in [0.717, 1.165) is 18.5 Å². The van der Waals surface area contributed by atoms with E-state index in [2.05, 4.69) is 6.92 Å². The monoisotopic (exact) mass is 333 g/mol. The van der Waals surface area contributed by atoms with Gasteiger partial charge in [0.2, 0.25) is 5.72 Å². The number of benzene rings is 1. The van der Waals surface area contributed by atoms with Gasteiger partial charge >= 0.3 is 0 Å². The van der Waals surface area contributed by atoms with Crippen LogP contribution in [0.2, 0.25) is 0 Å². The lowest BCUT2D eigenvalue weighted by molar-refractivity contribution is -0.160. The van der Waals surface area contributed by atoms with Gasteiger partial charge in [0, 0.05) is 26.2 Å². The third kappa shape index (κ3) is 1.76. The van der Waals surface area contributed by atoms with E-state index in [9.17, 15) is 9.90 Å². The number of amides is 1. The van der Waals surface area contributed by atoms with Gasteiger partial charge in [-0.15, -0.1) is 0 Å². The summed E-state index contributed by atoms with van der Waals surface area (Å²) >= 11 is 5.58. The zero-order chi connectivity index (χ0) is 17.0. The predicted octanol–water partition coefficient (Wildman–Crippen LogP) is 1.90. The van der Waals surface area contributed by atoms with Crippen LogP contribution in [-0.2, 0) is 10.5 Å². The van der Waals surface area contributed by atoms with Crippen LogP contribution in [0.4, 0.5) is 5.69 Å². The zero-order valence-electron chi connectivity index (χ0n) is 14.0. The molecule has 124 valence electrons. The summed E-state index contributed by atoms with van der Waals surface area (Å²) in [4.78, 5) is 18.4. The van der Waals surface area contributed by atoms with Crippen molar-refractivity contribution in [2.45, 2.75) is 38.0 Å². The molecule has 1 N–H and O–H groups in total. The van der Waals surface area contributed by atoms with Gasteiger partial charge in [0.15, 0.2) is 10.7 Å². The van der Waals surface area contributed by atoms with E-state index in [-0.39, 0.29) is 5.91 Å².